The van der Waals surface area contributed by atoms with Crippen molar-refractivity contribution in [2.45, 2.75) is 32.2 Å². The minimum Gasteiger partial charge on any atom is -0.469 e. The predicted octanol–water partition coefficient (Wildman–Crippen LogP) is 3.54. The number of furan rings is 1. The average molecular weight is 235 g/mol. The Hall–Kier alpha value is -1.06. The van der Waals surface area contributed by atoms with Gasteiger partial charge < -0.3 is 10.2 Å². The minimum atomic E-state index is 0.0933. The molecule has 2 nitrogen and oxygen atoms in total. The van der Waals surface area contributed by atoms with E-state index >= 15 is 0 Å². The molecule has 2 N–H and O–H groups in total. The molecule has 0 aliphatic rings. The van der Waals surface area contributed by atoms with E-state index in [0.29, 0.717) is 0 Å². The van der Waals surface area contributed by atoms with Gasteiger partial charge in [0, 0.05) is 22.9 Å². The zero-order chi connectivity index (χ0) is 11.4. The van der Waals surface area contributed by atoms with Crippen LogP contribution in [0.4, 0.5) is 0 Å². The number of hydrogen-bond acceptors (Lipinski definition) is 3. The third-order valence-electron chi connectivity index (χ3n) is 2.78. The smallest absolute Gasteiger partial charge is 0.108 e. The van der Waals surface area contributed by atoms with Gasteiger partial charge in [-0.15, -0.1) is 11.3 Å². The fourth-order valence-corrected chi connectivity index (χ4v) is 2.60. The van der Waals surface area contributed by atoms with Gasteiger partial charge in [-0.3, -0.25) is 0 Å². The highest BCUT2D eigenvalue weighted by Crippen LogP contribution is 2.23. The van der Waals surface area contributed by atoms with Crippen LogP contribution in [0, 0.1) is 0 Å². The van der Waals surface area contributed by atoms with Gasteiger partial charge in [0.05, 0.1) is 6.26 Å². The van der Waals surface area contributed by atoms with E-state index in [-0.39, 0.29) is 6.04 Å². The first-order valence-electron chi connectivity index (χ1n) is 5.65. The summed E-state index contributed by atoms with van der Waals surface area (Å²) in [7, 11) is 0. The fourth-order valence-electron chi connectivity index (χ4n) is 1.88. The van der Waals surface area contributed by atoms with Crippen molar-refractivity contribution >= 4 is 11.3 Å². The summed E-state index contributed by atoms with van der Waals surface area (Å²) < 4.78 is 5.39. The summed E-state index contributed by atoms with van der Waals surface area (Å²) in [6.45, 7) is 2.09. The van der Waals surface area contributed by atoms with Crippen LogP contribution in [0.3, 0.4) is 0 Å². The molecule has 2 heterocycles. The summed E-state index contributed by atoms with van der Waals surface area (Å²) in [5, 5.41) is 2.11. The molecule has 0 fully saturated rings. The maximum Gasteiger partial charge on any atom is 0.108 e. The lowest BCUT2D eigenvalue weighted by molar-refractivity contribution is 0.502. The van der Waals surface area contributed by atoms with E-state index in [9.17, 15) is 0 Å². The number of aryl methyl sites for hydroxylation is 2. The first-order chi connectivity index (χ1) is 7.81. The van der Waals surface area contributed by atoms with Gasteiger partial charge in [-0.05, 0) is 30.4 Å². The van der Waals surface area contributed by atoms with Crippen LogP contribution in [0.2, 0.25) is 0 Å². The fraction of sp³-hybridized carbons (Fsp3) is 0.385. The van der Waals surface area contributed by atoms with E-state index in [1.165, 1.54) is 10.4 Å². The Kier molecular flexibility index (Phi) is 3.80. The van der Waals surface area contributed by atoms with Crippen LogP contribution < -0.4 is 5.73 Å². The topological polar surface area (TPSA) is 39.2 Å². The van der Waals surface area contributed by atoms with Crippen molar-refractivity contribution in [3.05, 3.63) is 46.0 Å². The molecule has 3 heteroatoms. The highest BCUT2D eigenvalue weighted by Gasteiger charge is 2.12. The largest absolute Gasteiger partial charge is 0.469 e. The van der Waals surface area contributed by atoms with Gasteiger partial charge in [0.15, 0.2) is 0 Å². The van der Waals surface area contributed by atoms with E-state index in [1.54, 1.807) is 17.6 Å². The Bertz CT molecular complexity index is 419. The van der Waals surface area contributed by atoms with Crippen molar-refractivity contribution in [3.63, 3.8) is 0 Å². The molecular weight excluding hydrogens is 218 g/mol. The quantitative estimate of drug-likeness (QED) is 0.861. The van der Waals surface area contributed by atoms with E-state index < -0.39 is 0 Å². The predicted molar refractivity (Wildman–Crippen MR) is 67.7 cm³/mol. The maximum atomic E-state index is 6.18. The first-order valence-corrected chi connectivity index (χ1v) is 6.53. The summed E-state index contributed by atoms with van der Waals surface area (Å²) in [4.78, 5) is 1.40. The Morgan fingerprint density at radius 2 is 2.31 bits per heavy atom. The summed E-state index contributed by atoms with van der Waals surface area (Å²) in [6.07, 6.45) is 4.68. The molecule has 0 saturated carbocycles. The summed E-state index contributed by atoms with van der Waals surface area (Å²) in [6, 6.07) is 6.34. The van der Waals surface area contributed by atoms with Crippen LogP contribution in [0.15, 0.2) is 34.3 Å². The molecule has 2 rings (SSSR count). The summed E-state index contributed by atoms with van der Waals surface area (Å²) in [5.74, 6) is 1.03. The molecular formula is C13H17NOS. The summed E-state index contributed by atoms with van der Waals surface area (Å²) >= 11 is 1.79. The number of nitrogens with two attached hydrogens (primary N) is 1. The minimum absolute atomic E-state index is 0.0933. The molecule has 0 amide bonds. The number of thiophene rings is 1. The summed E-state index contributed by atoms with van der Waals surface area (Å²) in [5.41, 5.74) is 7.34. The Balaban J connectivity index is 1.95. The zero-order valence-electron chi connectivity index (χ0n) is 9.48. The van der Waals surface area contributed by atoms with E-state index in [2.05, 4.69) is 24.4 Å². The highest BCUT2D eigenvalue weighted by atomic mass is 32.1. The van der Waals surface area contributed by atoms with Crippen LogP contribution in [-0.4, -0.2) is 0 Å². The van der Waals surface area contributed by atoms with Crippen LogP contribution >= 0.6 is 11.3 Å². The van der Waals surface area contributed by atoms with Crippen LogP contribution in [0.5, 0.6) is 0 Å². The number of hydrogen-bond donors (Lipinski definition) is 1. The van der Waals surface area contributed by atoms with Crippen molar-refractivity contribution in [1.82, 2.24) is 0 Å². The van der Waals surface area contributed by atoms with Gasteiger partial charge in [-0.1, -0.05) is 13.0 Å². The van der Waals surface area contributed by atoms with E-state index in [1.807, 2.05) is 6.07 Å². The molecule has 0 radical (unpaired) electrons. The molecule has 0 spiro atoms. The van der Waals surface area contributed by atoms with Gasteiger partial charge >= 0.3 is 0 Å². The SMILES string of the molecule is CCc1occc1C(N)CCc1cccs1. The first kappa shape index (κ1) is 11.4. The van der Waals surface area contributed by atoms with Gasteiger partial charge in [-0.25, -0.2) is 0 Å². The van der Waals surface area contributed by atoms with E-state index in [0.717, 1.165) is 25.0 Å². The van der Waals surface area contributed by atoms with Gasteiger partial charge in [0.2, 0.25) is 0 Å². The molecule has 0 saturated heterocycles. The lowest BCUT2D eigenvalue weighted by Gasteiger charge is -2.10. The maximum absolute atomic E-state index is 6.18. The molecule has 2 aromatic heterocycles. The van der Waals surface area contributed by atoms with Crippen LogP contribution in [-0.2, 0) is 12.8 Å². The van der Waals surface area contributed by atoms with Gasteiger partial charge in [-0.2, -0.15) is 0 Å². The van der Waals surface area contributed by atoms with Crippen molar-refractivity contribution in [2.75, 3.05) is 0 Å². The molecule has 86 valence electrons. The standard InChI is InChI=1S/C13H17NOS/c1-2-13-11(7-8-15-13)12(14)6-5-10-4-3-9-16-10/h3-4,7-9,12H,2,5-6,14H2,1H3. The van der Waals surface area contributed by atoms with E-state index in [4.69, 9.17) is 10.2 Å². The second-order valence-corrected chi connectivity index (χ2v) is 4.91. The Labute approximate surface area is 100 Å². The van der Waals surface area contributed by atoms with Crippen LogP contribution in [0.1, 0.15) is 35.6 Å². The van der Waals surface area contributed by atoms with Gasteiger partial charge in [0.25, 0.3) is 0 Å². The molecule has 16 heavy (non-hydrogen) atoms. The zero-order valence-corrected chi connectivity index (χ0v) is 10.3. The highest BCUT2D eigenvalue weighted by molar-refractivity contribution is 7.09. The Morgan fingerprint density at radius 3 is 3.00 bits per heavy atom. The average Bonchev–Trinajstić information content (AvgIpc) is 2.96. The van der Waals surface area contributed by atoms with Crippen molar-refractivity contribution < 1.29 is 4.42 Å². The molecule has 2 aromatic rings. The third-order valence-corrected chi connectivity index (χ3v) is 3.72. The molecule has 0 bridgehead atoms. The Morgan fingerprint density at radius 1 is 1.44 bits per heavy atom. The van der Waals surface area contributed by atoms with Crippen molar-refractivity contribution in [3.8, 4) is 0 Å². The molecule has 0 aromatic carbocycles. The van der Waals surface area contributed by atoms with Crippen LogP contribution in [0.25, 0.3) is 0 Å². The second kappa shape index (κ2) is 5.32. The monoisotopic (exact) mass is 235 g/mol. The second-order valence-electron chi connectivity index (χ2n) is 3.88. The molecule has 0 aliphatic carbocycles. The van der Waals surface area contributed by atoms with Gasteiger partial charge in [0.1, 0.15) is 5.76 Å². The molecule has 0 aliphatic heterocycles. The van der Waals surface area contributed by atoms with Crippen molar-refractivity contribution in [2.24, 2.45) is 5.73 Å². The lowest BCUT2D eigenvalue weighted by Crippen LogP contribution is -2.11. The third kappa shape index (κ3) is 2.54. The normalized spacial score (nSPS) is 12.9. The lowest BCUT2D eigenvalue weighted by atomic mass is 10.0. The molecule has 1 unspecified atom stereocenters. The number of rotatable bonds is 5. The molecule has 1 atom stereocenters. The van der Waals surface area contributed by atoms with Crippen molar-refractivity contribution in [1.29, 1.82) is 0 Å².